The van der Waals surface area contributed by atoms with Crippen molar-refractivity contribution in [2.24, 2.45) is 5.10 Å². The predicted molar refractivity (Wildman–Crippen MR) is 140 cm³/mol. The molecule has 0 aromatic heterocycles. The first-order valence-electron chi connectivity index (χ1n) is 11.1. The van der Waals surface area contributed by atoms with E-state index in [0.717, 1.165) is 0 Å². The van der Waals surface area contributed by atoms with Gasteiger partial charge in [-0.15, -0.1) is 0 Å². The minimum atomic E-state index is -0.563. The molecule has 0 radical (unpaired) electrons. The molecule has 37 heavy (non-hydrogen) atoms. The van der Waals surface area contributed by atoms with E-state index in [0.29, 0.717) is 11.1 Å². The van der Waals surface area contributed by atoms with Gasteiger partial charge in [-0.2, -0.15) is 5.10 Å². The molecule has 3 aromatic carbocycles. The van der Waals surface area contributed by atoms with Gasteiger partial charge in [-0.05, 0) is 65.7 Å². The molecule has 4 N–H and O–H groups in total. The van der Waals surface area contributed by atoms with E-state index in [9.17, 15) is 24.9 Å². The number of methoxy groups -OCH3 is 2. The minimum Gasteiger partial charge on any atom is -0.508 e. The quantitative estimate of drug-likeness (QED) is 0.184. The number of amides is 1. The number of hydrazone groups is 1. The smallest absolute Gasteiger partial charge is 0.271 e. The molecule has 0 heterocycles. The summed E-state index contributed by atoms with van der Waals surface area (Å²) in [5, 5.41) is 33.2. The Bertz CT molecular complexity index is 1380. The molecule has 3 aromatic rings. The molecule has 0 atom stereocenters. The first kappa shape index (κ1) is 26.6. The summed E-state index contributed by atoms with van der Waals surface area (Å²) in [6, 6.07) is 15.2. The SMILES string of the molecule is COc1cc(C=CC(=O)CC(C=Cc2ccc(O)c(OC)c2)=NNC(=O)c2cccc(O)c2)ccc1O. The molecular formula is C28H26N2O7. The lowest BCUT2D eigenvalue weighted by Gasteiger charge is -2.05. The van der Waals surface area contributed by atoms with Crippen LogP contribution in [0, 0.1) is 0 Å². The van der Waals surface area contributed by atoms with Crippen molar-refractivity contribution in [2.75, 3.05) is 14.2 Å². The molecule has 0 saturated heterocycles. The van der Waals surface area contributed by atoms with E-state index >= 15 is 0 Å². The molecule has 9 nitrogen and oxygen atoms in total. The summed E-state index contributed by atoms with van der Waals surface area (Å²) in [5.41, 5.74) is 4.15. The van der Waals surface area contributed by atoms with Gasteiger partial charge in [0, 0.05) is 5.56 Å². The maximum atomic E-state index is 12.7. The highest BCUT2D eigenvalue weighted by molar-refractivity contribution is 6.13. The number of hydrogen-bond donors (Lipinski definition) is 4. The Morgan fingerprint density at radius 1 is 0.838 bits per heavy atom. The standard InChI is InChI=1S/C28H26N2O7/c1-36-26-14-18(8-12-24(26)33)6-10-21(29-30-28(35)20-4-3-5-22(31)16-20)17-23(32)11-7-19-9-13-25(34)27(15-19)37-2/h3-16,31,33-34H,17H2,1-2H3,(H,30,35). The fourth-order valence-electron chi connectivity index (χ4n) is 3.18. The molecule has 3 rings (SSSR count). The van der Waals surface area contributed by atoms with Crippen LogP contribution in [0.2, 0.25) is 0 Å². The molecule has 0 aliphatic carbocycles. The predicted octanol–water partition coefficient (Wildman–Crippen LogP) is 4.29. The summed E-state index contributed by atoms with van der Waals surface area (Å²) >= 11 is 0. The Kier molecular flexibility index (Phi) is 9.04. The third-order valence-electron chi connectivity index (χ3n) is 5.10. The van der Waals surface area contributed by atoms with Crippen LogP contribution in [-0.2, 0) is 4.79 Å². The number of ether oxygens (including phenoxy) is 2. The Morgan fingerprint density at radius 3 is 2.00 bits per heavy atom. The summed E-state index contributed by atoms with van der Waals surface area (Å²) in [4.78, 5) is 25.1. The number of phenols is 3. The maximum Gasteiger partial charge on any atom is 0.271 e. The number of nitrogens with one attached hydrogen (secondary N) is 1. The lowest BCUT2D eigenvalue weighted by atomic mass is 10.1. The monoisotopic (exact) mass is 502 g/mol. The van der Waals surface area contributed by atoms with Gasteiger partial charge in [-0.1, -0.05) is 30.4 Å². The summed E-state index contributed by atoms with van der Waals surface area (Å²) in [7, 11) is 2.86. The normalized spacial score (nSPS) is 11.6. The maximum absolute atomic E-state index is 12.7. The van der Waals surface area contributed by atoms with Crippen molar-refractivity contribution >= 4 is 29.6 Å². The highest BCUT2D eigenvalue weighted by Gasteiger charge is 2.09. The van der Waals surface area contributed by atoms with Crippen molar-refractivity contribution in [3.05, 3.63) is 89.5 Å². The van der Waals surface area contributed by atoms with Crippen molar-refractivity contribution in [1.29, 1.82) is 0 Å². The van der Waals surface area contributed by atoms with Crippen LogP contribution in [0.25, 0.3) is 12.2 Å². The van der Waals surface area contributed by atoms with Crippen LogP contribution in [-0.4, -0.2) is 46.9 Å². The third-order valence-corrected chi connectivity index (χ3v) is 5.10. The Labute approximate surface area is 213 Å². The van der Waals surface area contributed by atoms with Gasteiger partial charge in [0.25, 0.3) is 5.91 Å². The highest BCUT2D eigenvalue weighted by Crippen LogP contribution is 2.27. The lowest BCUT2D eigenvalue weighted by Crippen LogP contribution is -2.20. The third kappa shape index (κ3) is 7.72. The van der Waals surface area contributed by atoms with Crippen molar-refractivity contribution < 1.29 is 34.4 Å². The van der Waals surface area contributed by atoms with Crippen molar-refractivity contribution in [3.63, 3.8) is 0 Å². The summed E-state index contributed by atoms with van der Waals surface area (Å²) in [6.07, 6.45) is 6.00. The Balaban J connectivity index is 1.81. The van der Waals surface area contributed by atoms with Crippen molar-refractivity contribution in [2.45, 2.75) is 6.42 Å². The van der Waals surface area contributed by atoms with Gasteiger partial charge >= 0.3 is 0 Å². The molecule has 190 valence electrons. The zero-order valence-electron chi connectivity index (χ0n) is 20.2. The zero-order valence-corrected chi connectivity index (χ0v) is 20.2. The average molecular weight is 503 g/mol. The number of benzene rings is 3. The van der Waals surface area contributed by atoms with E-state index in [1.165, 1.54) is 56.7 Å². The van der Waals surface area contributed by atoms with E-state index in [1.807, 2.05) is 0 Å². The number of carbonyl (C=O) groups excluding carboxylic acids is 2. The van der Waals surface area contributed by atoms with E-state index < -0.39 is 5.91 Å². The number of carbonyl (C=O) groups is 2. The first-order chi connectivity index (χ1) is 17.8. The van der Waals surface area contributed by atoms with Gasteiger partial charge < -0.3 is 24.8 Å². The minimum absolute atomic E-state index is 0.0149. The molecule has 0 saturated carbocycles. The van der Waals surface area contributed by atoms with Gasteiger partial charge in [0.15, 0.2) is 28.8 Å². The summed E-state index contributed by atoms with van der Waals surface area (Å²) < 4.78 is 10.2. The molecule has 9 heteroatoms. The summed E-state index contributed by atoms with van der Waals surface area (Å²) in [5.74, 6) is -0.404. The van der Waals surface area contributed by atoms with Crippen LogP contribution in [0.15, 0.2) is 77.9 Å². The Morgan fingerprint density at radius 2 is 1.43 bits per heavy atom. The zero-order chi connectivity index (χ0) is 26.8. The molecule has 0 bridgehead atoms. The average Bonchev–Trinajstić information content (AvgIpc) is 2.90. The van der Waals surface area contributed by atoms with E-state index in [4.69, 9.17) is 9.47 Å². The molecule has 0 spiro atoms. The van der Waals surface area contributed by atoms with Gasteiger partial charge in [-0.3, -0.25) is 9.59 Å². The van der Waals surface area contributed by atoms with E-state index in [1.54, 1.807) is 42.5 Å². The number of phenolic OH excluding ortho intramolecular Hbond substituents is 3. The number of allylic oxidation sites excluding steroid dienone is 2. The van der Waals surface area contributed by atoms with Crippen LogP contribution in [0.4, 0.5) is 0 Å². The van der Waals surface area contributed by atoms with E-state index in [-0.39, 0.29) is 52.2 Å². The van der Waals surface area contributed by atoms with Crippen LogP contribution in [0.3, 0.4) is 0 Å². The van der Waals surface area contributed by atoms with Gasteiger partial charge in [0.1, 0.15) is 5.75 Å². The van der Waals surface area contributed by atoms with Crippen LogP contribution < -0.4 is 14.9 Å². The Hall–Kier alpha value is -5.05. The fourth-order valence-corrected chi connectivity index (χ4v) is 3.18. The van der Waals surface area contributed by atoms with Gasteiger partial charge in [-0.25, -0.2) is 5.43 Å². The summed E-state index contributed by atoms with van der Waals surface area (Å²) in [6.45, 7) is 0. The molecule has 0 fully saturated rings. The topological polar surface area (TPSA) is 138 Å². The second kappa shape index (κ2) is 12.6. The highest BCUT2D eigenvalue weighted by atomic mass is 16.5. The number of nitrogens with zero attached hydrogens (tertiary/aromatic N) is 1. The van der Waals surface area contributed by atoms with Crippen molar-refractivity contribution in [3.8, 4) is 28.7 Å². The molecule has 0 unspecified atom stereocenters. The van der Waals surface area contributed by atoms with Gasteiger partial charge in [0.05, 0.1) is 26.4 Å². The second-order valence-corrected chi connectivity index (χ2v) is 7.77. The van der Waals surface area contributed by atoms with Crippen molar-refractivity contribution in [1.82, 2.24) is 5.43 Å². The van der Waals surface area contributed by atoms with Crippen LogP contribution >= 0.6 is 0 Å². The van der Waals surface area contributed by atoms with Crippen LogP contribution in [0.1, 0.15) is 27.9 Å². The van der Waals surface area contributed by atoms with Crippen LogP contribution in [0.5, 0.6) is 28.7 Å². The lowest BCUT2D eigenvalue weighted by molar-refractivity contribution is -0.113. The molecule has 0 aliphatic rings. The molecular weight excluding hydrogens is 476 g/mol. The first-order valence-corrected chi connectivity index (χ1v) is 11.1. The number of aromatic hydroxyl groups is 3. The van der Waals surface area contributed by atoms with Gasteiger partial charge in [0.2, 0.25) is 0 Å². The second-order valence-electron chi connectivity index (χ2n) is 7.77. The molecule has 0 aliphatic heterocycles. The number of ketones is 1. The molecule has 1 amide bonds. The number of hydrogen-bond acceptors (Lipinski definition) is 8. The van der Waals surface area contributed by atoms with E-state index in [2.05, 4.69) is 10.5 Å². The largest absolute Gasteiger partial charge is 0.508 e. The number of rotatable bonds is 10. The fraction of sp³-hybridized carbons (Fsp3) is 0.107.